The van der Waals surface area contributed by atoms with Crippen molar-refractivity contribution in [2.75, 3.05) is 19.8 Å². The van der Waals surface area contributed by atoms with Crippen LogP contribution in [-0.4, -0.2) is 57.5 Å². The number of hydrogen-bond donors (Lipinski definition) is 3. The molecule has 1 aliphatic rings. The van der Waals surface area contributed by atoms with E-state index in [-0.39, 0.29) is 24.5 Å². The number of sulfonamides is 1. The average Bonchev–Trinajstić information content (AvgIpc) is 2.71. The number of carbonyl (C=O) groups excluding carboxylic acids is 1. The first-order valence-corrected chi connectivity index (χ1v) is 11.6. The molecular weight excluding hydrogens is 436 g/mol. The van der Waals surface area contributed by atoms with Crippen LogP contribution in [0.2, 0.25) is 5.02 Å². The normalized spacial score (nSPS) is 18.0. The van der Waals surface area contributed by atoms with Crippen molar-refractivity contribution in [2.45, 2.75) is 55.8 Å². The maximum absolute atomic E-state index is 12.7. The Balaban J connectivity index is 1.98. The van der Waals surface area contributed by atoms with E-state index in [4.69, 9.17) is 26.2 Å². The summed E-state index contributed by atoms with van der Waals surface area (Å²) >= 11 is 5.81. The van der Waals surface area contributed by atoms with Gasteiger partial charge >= 0.3 is 5.97 Å². The van der Waals surface area contributed by atoms with Crippen LogP contribution in [0.3, 0.4) is 0 Å². The van der Waals surface area contributed by atoms with Gasteiger partial charge in [-0.3, -0.25) is 9.59 Å². The van der Waals surface area contributed by atoms with Crippen LogP contribution < -0.4 is 10.0 Å². The second-order valence-corrected chi connectivity index (χ2v) is 9.05. The molecule has 11 heteroatoms. The lowest BCUT2D eigenvalue weighted by atomic mass is 10.2. The number of unbranched alkanes of at least 4 members (excludes halogenated alkanes) is 1. The van der Waals surface area contributed by atoms with Crippen LogP contribution in [0.5, 0.6) is 0 Å². The Morgan fingerprint density at radius 1 is 1.23 bits per heavy atom. The van der Waals surface area contributed by atoms with Gasteiger partial charge in [-0.25, -0.2) is 8.42 Å². The van der Waals surface area contributed by atoms with Crippen molar-refractivity contribution < 1.29 is 32.6 Å². The molecule has 1 heterocycles. The lowest BCUT2D eigenvalue weighted by molar-refractivity contribution is -0.167. The minimum absolute atomic E-state index is 0.00459. The van der Waals surface area contributed by atoms with Gasteiger partial charge in [0.15, 0.2) is 6.29 Å². The second kappa shape index (κ2) is 12.2. The molecular formula is C19H27ClN2O7S. The summed E-state index contributed by atoms with van der Waals surface area (Å²) in [7, 11) is -3.99. The Bertz CT molecular complexity index is 796. The summed E-state index contributed by atoms with van der Waals surface area (Å²) in [5.74, 6) is -1.46. The zero-order chi connectivity index (χ0) is 22.0. The Hall–Kier alpha value is -1.72. The van der Waals surface area contributed by atoms with Gasteiger partial charge < -0.3 is 19.9 Å². The molecule has 2 atom stereocenters. The van der Waals surface area contributed by atoms with Crippen LogP contribution in [0, 0.1) is 0 Å². The van der Waals surface area contributed by atoms with E-state index >= 15 is 0 Å². The van der Waals surface area contributed by atoms with Gasteiger partial charge in [0.25, 0.3) is 0 Å². The second-order valence-electron chi connectivity index (χ2n) is 6.90. The summed E-state index contributed by atoms with van der Waals surface area (Å²) in [4.78, 5) is 23.1. The Morgan fingerprint density at radius 2 is 1.97 bits per heavy atom. The highest BCUT2D eigenvalue weighted by Gasteiger charge is 2.27. The van der Waals surface area contributed by atoms with Crippen molar-refractivity contribution in [3.05, 3.63) is 29.3 Å². The molecule has 168 valence electrons. The van der Waals surface area contributed by atoms with E-state index in [9.17, 15) is 18.0 Å². The van der Waals surface area contributed by atoms with E-state index < -0.39 is 34.2 Å². The molecule has 1 aromatic rings. The predicted molar refractivity (Wildman–Crippen MR) is 110 cm³/mol. The summed E-state index contributed by atoms with van der Waals surface area (Å²) < 4.78 is 38.8. The van der Waals surface area contributed by atoms with Gasteiger partial charge in [-0.1, -0.05) is 11.6 Å². The van der Waals surface area contributed by atoms with Crippen LogP contribution in [0.1, 0.15) is 38.5 Å². The number of carboxylic acid groups (broad SMARTS) is 1. The first-order valence-electron chi connectivity index (χ1n) is 9.78. The number of halogens is 1. The minimum Gasteiger partial charge on any atom is -0.481 e. The quantitative estimate of drug-likeness (QED) is 0.404. The number of carboxylic acids is 1. The third-order valence-electron chi connectivity index (χ3n) is 4.44. The highest BCUT2D eigenvalue weighted by atomic mass is 35.5. The smallest absolute Gasteiger partial charge is 0.303 e. The molecule has 0 bridgehead atoms. The minimum atomic E-state index is -3.99. The van der Waals surface area contributed by atoms with Crippen LogP contribution in [0.4, 0.5) is 0 Å². The summed E-state index contributed by atoms with van der Waals surface area (Å²) in [5, 5.41) is 11.7. The van der Waals surface area contributed by atoms with Gasteiger partial charge in [-0.15, -0.1) is 0 Å². The Labute approximate surface area is 181 Å². The fraction of sp³-hybridized carbons (Fsp3) is 0.579. The van der Waals surface area contributed by atoms with E-state index in [0.717, 1.165) is 12.8 Å². The highest BCUT2D eigenvalue weighted by Crippen LogP contribution is 2.16. The molecule has 0 saturated carbocycles. The number of benzene rings is 1. The SMILES string of the molecule is O=C(O)CCCCNC(=O)C(COC1CCCCO1)NS(=O)(=O)c1ccc(Cl)cc1. The molecule has 1 aromatic carbocycles. The largest absolute Gasteiger partial charge is 0.481 e. The van der Waals surface area contributed by atoms with E-state index in [1.807, 2.05) is 0 Å². The van der Waals surface area contributed by atoms with Crippen molar-refractivity contribution in [2.24, 2.45) is 0 Å². The average molecular weight is 463 g/mol. The van der Waals surface area contributed by atoms with Crippen molar-refractivity contribution in [1.82, 2.24) is 10.0 Å². The van der Waals surface area contributed by atoms with E-state index in [2.05, 4.69) is 10.0 Å². The molecule has 0 radical (unpaired) electrons. The molecule has 1 fully saturated rings. The molecule has 3 N–H and O–H groups in total. The summed E-state index contributed by atoms with van der Waals surface area (Å²) in [6.45, 7) is 0.589. The Kier molecular flexibility index (Phi) is 9.99. The third kappa shape index (κ3) is 8.57. The van der Waals surface area contributed by atoms with Crippen molar-refractivity contribution >= 4 is 33.5 Å². The summed E-state index contributed by atoms with van der Waals surface area (Å²) in [6.07, 6.45) is 2.93. The van der Waals surface area contributed by atoms with Gasteiger partial charge in [0.1, 0.15) is 6.04 Å². The van der Waals surface area contributed by atoms with Gasteiger partial charge in [-0.05, 0) is 56.4 Å². The molecule has 0 aromatic heterocycles. The van der Waals surface area contributed by atoms with Crippen molar-refractivity contribution in [3.8, 4) is 0 Å². The number of nitrogens with one attached hydrogen (secondary N) is 2. The Morgan fingerprint density at radius 3 is 2.60 bits per heavy atom. The molecule has 9 nitrogen and oxygen atoms in total. The fourth-order valence-corrected chi connectivity index (χ4v) is 4.12. The maximum atomic E-state index is 12.7. The lowest BCUT2D eigenvalue weighted by Gasteiger charge is -2.25. The molecule has 1 amide bonds. The fourth-order valence-electron chi connectivity index (χ4n) is 2.81. The highest BCUT2D eigenvalue weighted by molar-refractivity contribution is 7.89. The van der Waals surface area contributed by atoms with Gasteiger partial charge in [0.05, 0.1) is 11.5 Å². The number of ether oxygens (including phenoxy) is 2. The molecule has 2 rings (SSSR count). The first kappa shape index (κ1) is 24.5. The molecule has 0 aliphatic carbocycles. The van der Waals surface area contributed by atoms with Crippen LogP contribution in [-0.2, 0) is 29.1 Å². The van der Waals surface area contributed by atoms with E-state index in [0.29, 0.717) is 30.9 Å². The van der Waals surface area contributed by atoms with Gasteiger partial charge in [0.2, 0.25) is 15.9 Å². The van der Waals surface area contributed by atoms with Crippen LogP contribution in [0.25, 0.3) is 0 Å². The maximum Gasteiger partial charge on any atom is 0.303 e. The zero-order valence-corrected chi connectivity index (χ0v) is 18.1. The van der Waals surface area contributed by atoms with Crippen molar-refractivity contribution in [1.29, 1.82) is 0 Å². The topological polar surface area (TPSA) is 131 Å². The van der Waals surface area contributed by atoms with Crippen LogP contribution in [0.15, 0.2) is 29.2 Å². The number of hydrogen-bond acceptors (Lipinski definition) is 6. The molecule has 0 spiro atoms. The first-order chi connectivity index (χ1) is 14.3. The number of aliphatic carboxylic acids is 1. The summed E-state index contributed by atoms with van der Waals surface area (Å²) in [5.41, 5.74) is 0. The molecule has 2 unspecified atom stereocenters. The van der Waals surface area contributed by atoms with E-state index in [1.54, 1.807) is 0 Å². The molecule has 1 aliphatic heterocycles. The summed E-state index contributed by atoms with van der Waals surface area (Å²) in [6, 6.07) is 4.41. The lowest BCUT2D eigenvalue weighted by Crippen LogP contribution is -2.50. The number of amides is 1. The zero-order valence-electron chi connectivity index (χ0n) is 16.5. The molecule has 30 heavy (non-hydrogen) atoms. The standard InChI is InChI=1S/C19H27ClN2O7S/c20-14-7-9-15(10-8-14)30(26,27)22-16(13-29-18-6-2-4-12-28-18)19(25)21-11-3-1-5-17(23)24/h7-10,16,18,22H,1-6,11-13H2,(H,21,25)(H,23,24). The number of carbonyl (C=O) groups is 2. The predicted octanol–water partition coefficient (Wildman–Crippen LogP) is 1.90. The monoisotopic (exact) mass is 462 g/mol. The molecule has 1 saturated heterocycles. The van der Waals surface area contributed by atoms with Gasteiger partial charge in [-0.2, -0.15) is 4.72 Å². The van der Waals surface area contributed by atoms with Gasteiger partial charge in [0, 0.05) is 24.6 Å². The van der Waals surface area contributed by atoms with Crippen molar-refractivity contribution in [3.63, 3.8) is 0 Å². The number of rotatable bonds is 12. The van der Waals surface area contributed by atoms with E-state index in [1.165, 1.54) is 24.3 Å². The van der Waals surface area contributed by atoms with Crippen LogP contribution >= 0.6 is 11.6 Å². The third-order valence-corrected chi connectivity index (χ3v) is 6.18.